The third-order valence-electron chi connectivity index (χ3n) is 6.23. The Morgan fingerprint density at radius 1 is 0.909 bits per heavy atom. The van der Waals surface area contributed by atoms with E-state index in [1.54, 1.807) is 6.07 Å². The lowest BCUT2D eigenvalue weighted by atomic mass is 9.93. The molecule has 1 aliphatic heterocycles. The van der Waals surface area contributed by atoms with Crippen LogP contribution >= 0.6 is 0 Å². The molecule has 1 aromatic heterocycles. The number of phenols is 1. The number of hydrogen-bond donors (Lipinski definition) is 1. The molecular formula is C28H27NO4. The summed E-state index contributed by atoms with van der Waals surface area (Å²) >= 11 is 0. The van der Waals surface area contributed by atoms with Crippen LogP contribution in [0, 0.1) is 0 Å². The van der Waals surface area contributed by atoms with Crippen molar-refractivity contribution in [1.82, 2.24) is 4.90 Å². The van der Waals surface area contributed by atoms with Crippen molar-refractivity contribution < 1.29 is 14.3 Å². The largest absolute Gasteiger partial charge is 0.508 e. The summed E-state index contributed by atoms with van der Waals surface area (Å²) in [4.78, 5) is 15.3. The molecule has 0 radical (unpaired) electrons. The fourth-order valence-electron chi connectivity index (χ4n) is 4.50. The Labute approximate surface area is 192 Å². The van der Waals surface area contributed by atoms with Crippen LogP contribution in [0.4, 0.5) is 0 Å². The highest BCUT2D eigenvalue weighted by Crippen LogP contribution is 2.31. The molecule has 4 aromatic rings. The number of ether oxygens (including phenoxy) is 1. The van der Waals surface area contributed by atoms with Crippen LogP contribution in [0.5, 0.6) is 11.5 Å². The first kappa shape index (κ1) is 21.3. The van der Waals surface area contributed by atoms with Gasteiger partial charge in [0, 0.05) is 24.5 Å². The van der Waals surface area contributed by atoms with Gasteiger partial charge in [-0.05, 0) is 60.2 Å². The standard InChI is InChI=1S/C28H27NO4/c30-22-11-14-24-25(27(21-7-3-1-4-8-21)28(31)33-26(24)18-22)17-20-9-12-23(13-10-20)32-19-29-15-5-2-6-16-29/h1,3-4,7-14,18,30H,2,5-6,15-17,19H2. The second kappa shape index (κ2) is 9.51. The maximum atomic E-state index is 13.0. The summed E-state index contributed by atoms with van der Waals surface area (Å²) in [6, 6.07) is 22.6. The monoisotopic (exact) mass is 441 g/mol. The lowest BCUT2D eigenvalue weighted by molar-refractivity contribution is 0.106. The Balaban J connectivity index is 1.46. The van der Waals surface area contributed by atoms with E-state index in [1.165, 1.54) is 25.3 Å². The van der Waals surface area contributed by atoms with E-state index in [0.717, 1.165) is 40.9 Å². The molecule has 1 fully saturated rings. The number of fused-ring (bicyclic) bond motifs is 1. The quantitative estimate of drug-likeness (QED) is 0.396. The molecule has 1 aliphatic rings. The van der Waals surface area contributed by atoms with Crippen LogP contribution in [0.25, 0.3) is 22.1 Å². The Hall–Kier alpha value is -3.57. The van der Waals surface area contributed by atoms with Gasteiger partial charge in [-0.15, -0.1) is 0 Å². The van der Waals surface area contributed by atoms with Crippen LogP contribution < -0.4 is 10.4 Å². The van der Waals surface area contributed by atoms with Crippen LogP contribution in [-0.4, -0.2) is 29.8 Å². The van der Waals surface area contributed by atoms with Crippen molar-refractivity contribution >= 4 is 11.0 Å². The van der Waals surface area contributed by atoms with Gasteiger partial charge in [-0.1, -0.05) is 48.9 Å². The molecule has 0 aliphatic carbocycles. The summed E-state index contributed by atoms with van der Waals surface area (Å²) in [5.74, 6) is 0.911. The summed E-state index contributed by atoms with van der Waals surface area (Å²) < 4.78 is 11.6. The molecule has 33 heavy (non-hydrogen) atoms. The van der Waals surface area contributed by atoms with Crippen molar-refractivity contribution in [2.75, 3.05) is 19.8 Å². The normalized spacial score (nSPS) is 14.4. The Bertz CT molecular complexity index is 1290. The molecule has 1 saturated heterocycles. The molecule has 1 N–H and O–H groups in total. The molecule has 0 saturated carbocycles. The Morgan fingerprint density at radius 3 is 2.42 bits per heavy atom. The molecule has 0 bridgehead atoms. The van der Waals surface area contributed by atoms with Crippen molar-refractivity contribution in [3.63, 3.8) is 0 Å². The highest BCUT2D eigenvalue weighted by atomic mass is 16.5. The van der Waals surface area contributed by atoms with Crippen molar-refractivity contribution in [3.05, 3.63) is 94.3 Å². The average Bonchev–Trinajstić information content (AvgIpc) is 2.84. The van der Waals surface area contributed by atoms with Gasteiger partial charge < -0.3 is 14.3 Å². The first-order valence-electron chi connectivity index (χ1n) is 11.5. The predicted molar refractivity (Wildman–Crippen MR) is 130 cm³/mol. The van der Waals surface area contributed by atoms with Gasteiger partial charge in [0.2, 0.25) is 0 Å². The predicted octanol–water partition coefficient (Wildman–Crippen LogP) is 5.58. The molecule has 0 unspecified atom stereocenters. The van der Waals surface area contributed by atoms with Crippen LogP contribution in [0.2, 0.25) is 0 Å². The summed E-state index contributed by atoms with van der Waals surface area (Å²) in [7, 11) is 0. The zero-order chi connectivity index (χ0) is 22.6. The van der Waals surface area contributed by atoms with Gasteiger partial charge in [0.15, 0.2) is 0 Å². The Morgan fingerprint density at radius 2 is 1.67 bits per heavy atom. The molecule has 0 atom stereocenters. The SMILES string of the molecule is O=c1oc2cc(O)ccc2c(Cc2ccc(OCN3CCCCC3)cc2)c1-c1ccccc1. The molecule has 3 aromatic carbocycles. The van der Waals surface area contributed by atoms with Crippen molar-refractivity contribution in [3.8, 4) is 22.6 Å². The lowest BCUT2D eigenvalue weighted by Gasteiger charge is -2.26. The summed E-state index contributed by atoms with van der Waals surface area (Å²) in [5.41, 5.74) is 3.30. The van der Waals surface area contributed by atoms with Gasteiger partial charge in [0.05, 0.1) is 5.56 Å². The number of piperidine rings is 1. The number of hydrogen-bond acceptors (Lipinski definition) is 5. The molecule has 5 nitrogen and oxygen atoms in total. The highest BCUT2D eigenvalue weighted by Gasteiger charge is 2.17. The fourth-order valence-corrected chi connectivity index (χ4v) is 4.50. The maximum absolute atomic E-state index is 13.0. The van der Waals surface area contributed by atoms with Gasteiger partial charge in [-0.3, -0.25) is 4.90 Å². The second-order valence-electron chi connectivity index (χ2n) is 8.56. The number of benzene rings is 3. The van der Waals surface area contributed by atoms with Gasteiger partial charge in [-0.25, -0.2) is 4.79 Å². The third kappa shape index (κ3) is 4.78. The second-order valence-corrected chi connectivity index (χ2v) is 8.56. The van der Waals surface area contributed by atoms with Crippen molar-refractivity contribution in [2.45, 2.75) is 25.7 Å². The van der Waals surface area contributed by atoms with E-state index < -0.39 is 5.63 Å². The van der Waals surface area contributed by atoms with Crippen LogP contribution in [0.1, 0.15) is 30.4 Å². The number of likely N-dealkylation sites (tertiary alicyclic amines) is 1. The van der Waals surface area contributed by atoms with Gasteiger partial charge in [0.1, 0.15) is 23.8 Å². The average molecular weight is 442 g/mol. The van der Waals surface area contributed by atoms with Crippen LogP contribution in [0.15, 0.2) is 82.0 Å². The van der Waals surface area contributed by atoms with E-state index in [4.69, 9.17) is 9.15 Å². The van der Waals surface area contributed by atoms with Gasteiger partial charge in [0.25, 0.3) is 0 Å². The molecule has 5 heteroatoms. The van der Waals surface area contributed by atoms with E-state index >= 15 is 0 Å². The molecule has 0 spiro atoms. The van der Waals surface area contributed by atoms with E-state index in [0.29, 0.717) is 24.3 Å². The van der Waals surface area contributed by atoms with Crippen LogP contribution in [0.3, 0.4) is 0 Å². The fraction of sp³-hybridized carbons (Fsp3) is 0.250. The van der Waals surface area contributed by atoms with E-state index in [1.807, 2.05) is 60.7 Å². The van der Waals surface area contributed by atoms with E-state index in [2.05, 4.69) is 4.90 Å². The number of rotatable bonds is 6. The number of nitrogens with zero attached hydrogens (tertiary/aromatic N) is 1. The smallest absolute Gasteiger partial charge is 0.344 e. The van der Waals surface area contributed by atoms with Gasteiger partial charge in [-0.2, -0.15) is 0 Å². The molecule has 168 valence electrons. The molecule has 2 heterocycles. The maximum Gasteiger partial charge on any atom is 0.344 e. The summed E-state index contributed by atoms with van der Waals surface area (Å²) in [6.45, 7) is 2.81. The van der Waals surface area contributed by atoms with E-state index in [-0.39, 0.29) is 5.75 Å². The first-order valence-corrected chi connectivity index (χ1v) is 11.5. The number of phenolic OH excluding ortho intramolecular Hbond substituents is 1. The zero-order valence-electron chi connectivity index (χ0n) is 18.5. The van der Waals surface area contributed by atoms with Crippen LogP contribution in [-0.2, 0) is 6.42 Å². The molecular weight excluding hydrogens is 414 g/mol. The topological polar surface area (TPSA) is 62.9 Å². The summed E-state index contributed by atoms with van der Waals surface area (Å²) in [5, 5.41) is 10.7. The summed E-state index contributed by atoms with van der Waals surface area (Å²) in [6.07, 6.45) is 4.34. The van der Waals surface area contributed by atoms with Crippen molar-refractivity contribution in [2.24, 2.45) is 0 Å². The zero-order valence-corrected chi connectivity index (χ0v) is 18.5. The first-order chi connectivity index (χ1) is 16.2. The number of aromatic hydroxyl groups is 1. The molecule has 5 rings (SSSR count). The highest BCUT2D eigenvalue weighted by molar-refractivity contribution is 5.88. The van der Waals surface area contributed by atoms with E-state index in [9.17, 15) is 9.90 Å². The Kier molecular flexibility index (Phi) is 6.13. The third-order valence-corrected chi connectivity index (χ3v) is 6.23. The minimum Gasteiger partial charge on any atom is -0.508 e. The lowest BCUT2D eigenvalue weighted by Crippen LogP contribution is -2.33. The minimum atomic E-state index is -0.407. The van der Waals surface area contributed by atoms with Crippen molar-refractivity contribution in [1.29, 1.82) is 0 Å². The molecule has 0 amide bonds. The van der Waals surface area contributed by atoms with Gasteiger partial charge >= 0.3 is 5.63 Å². The minimum absolute atomic E-state index is 0.0688.